The molecule has 3 rings (SSSR count). The van der Waals surface area contributed by atoms with Crippen LogP contribution in [-0.2, 0) is 6.18 Å². The van der Waals surface area contributed by atoms with Gasteiger partial charge in [0.25, 0.3) is 0 Å². The summed E-state index contributed by atoms with van der Waals surface area (Å²) in [7, 11) is 0. The molecule has 1 heterocycles. The summed E-state index contributed by atoms with van der Waals surface area (Å²) in [6.07, 6.45) is -1.31. The fraction of sp³-hybridized carbons (Fsp3) is 0.190. The molecule has 3 aromatic rings. The van der Waals surface area contributed by atoms with Gasteiger partial charge in [-0.1, -0.05) is 26.0 Å². The average Bonchev–Trinajstić information content (AvgIpc) is 2.67. The Bertz CT molecular complexity index is 1010. The van der Waals surface area contributed by atoms with Crippen molar-refractivity contribution in [3.05, 3.63) is 71.8 Å². The molecule has 4 nitrogen and oxygen atoms in total. The summed E-state index contributed by atoms with van der Waals surface area (Å²) < 4.78 is 38.5. The van der Waals surface area contributed by atoms with Gasteiger partial charge in [0.2, 0.25) is 5.91 Å². The van der Waals surface area contributed by atoms with E-state index in [1.165, 1.54) is 18.5 Å². The number of rotatable bonds is 4. The molecule has 2 N–H and O–H groups in total. The van der Waals surface area contributed by atoms with Gasteiger partial charge in [-0.2, -0.15) is 13.2 Å². The largest absolute Gasteiger partial charge is 0.416 e. The standard InChI is InChI=1S/C21H18F3N3O/c1-12(2)19-18(10-26-11-27-19)15-7-14(8-16(9-15)20(25)28)13-3-5-17(6-4-13)21(22,23)24/h3-12H,1-2H3,(H2,25,28). The summed E-state index contributed by atoms with van der Waals surface area (Å²) >= 11 is 0. The van der Waals surface area contributed by atoms with Crippen LogP contribution in [0.3, 0.4) is 0 Å². The Balaban J connectivity index is 2.15. The number of carbonyl (C=O) groups is 1. The fourth-order valence-corrected chi connectivity index (χ4v) is 2.97. The lowest BCUT2D eigenvalue weighted by molar-refractivity contribution is -0.137. The molecule has 0 radical (unpaired) electrons. The molecule has 144 valence electrons. The number of hydrogen-bond acceptors (Lipinski definition) is 3. The van der Waals surface area contributed by atoms with Crippen molar-refractivity contribution in [1.82, 2.24) is 9.97 Å². The van der Waals surface area contributed by atoms with Crippen molar-refractivity contribution in [2.24, 2.45) is 5.73 Å². The molecule has 0 aliphatic carbocycles. The number of alkyl halides is 3. The zero-order valence-electron chi connectivity index (χ0n) is 15.3. The van der Waals surface area contributed by atoms with Crippen molar-refractivity contribution in [3.8, 4) is 22.3 Å². The predicted molar refractivity (Wildman–Crippen MR) is 101 cm³/mol. The zero-order chi connectivity index (χ0) is 20.5. The Kier molecular flexibility index (Phi) is 5.18. The minimum absolute atomic E-state index is 0.116. The van der Waals surface area contributed by atoms with Gasteiger partial charge in [-0.25, -0.2) is 9.97 Å². The first kappa shape index (κ1) is 19.5. The Hall–Kier alpha value is -3.22. The first-order valence-corrected chi connectivity index (χ1v) is 8.59. The smallest absolute Gasteiger partial charge is 0.366 e. The van der Waals surface area contributed by atoms with Crippen molar-refractivity contribution in [3.63, 3.8) is 0 Å². The first-order chi connectivity index (χ1) is 13.2. The number of halogens is 3. The molecule has 0 atom stereocenters. The second kappa shape index (κ2) is 7.42. The second-order valence-electron chi connectivity index (χ2n) is 6.71. The highest BCUT2D eigenvalue weighted by Gasteiger charge is 2.30. The van der Waals surface area contributed by atoms with Gasteiger partial charge < -0.3 is 5.73 Å². The number of nitrogens with zero attached hydrogens (tertiary/aromatic N) is 2. The number of nitrogens with two attached hydrogens (primary N) is 1. The van der Waals surface area contributed by atoms with E-state index in [9.17, 15) is 18.0 Å². The van der Waals surface area contributed by atoms with Gasteiger partial charge >= 0.3 is 6.18 Å². The van der Waals surface area contributed by atoms with Crippen LogP contribution in [0.5, 0.6) is 0 Å². The second-order valence-corrected chi connectivity index (χ2v) is 6.71. The van der Waals surface area contributed by atoms with E-state index in [-0.39, 0.29) is 11.5 Å². The molecule has 2 aromatic carbocycles. The number of primary amides is 1. The summed E-state index contributed by atoms with van der Waals surface area (Å²) in [5.41, 5.74) is 8.33. The molecule has 0 bridgehead atoms. The topological polar surface area (TPSA) is 68.9 Å². The van der Waals surface area contributed by atoms with E-state index in [2.05, 4.69) is 9.97 Å². The van der Waals surface area contributed by atoms with Crippen LogP contribution in [0.2, 0.25) is 0 Å². The van der Waals surface area contributed by atoms with E-state index in [0.717, 1.165) is 23.4 Å². The maximum absolute atomic E-state index is 12.8. The summed E-state index contributed by atoms with van der Waals surface area (Å²) in [6, 6.07) is 9.76. The van der Waals surface area contributed by atoms with Gasteiger partial charge in [-0.15, -0.1) is 0 Å². The van der Waals surface area contributed by atoms with Gasteiger partial charge in [0, 0.05) is 17.3 Å². The van der Waals surface area contributed by atoms with E-state index in [1.54, 1.807) is 24.4 Å². The number of carbonyl (C=O) groups excluding carboxylic acids is 1. The van der Waals surface area contributed by atoms with Crippen LogP contribution >= 0.6 is 0 Å². The van der Waals surface area contributed by atoms with Gasteiger partial charge in [-0.05, 0) is 52.9 Å². The minimum atomic E-state index is -4.41. The number of benzene rings is 2. The molecule has 0 unspecified atom stereocenters. The van der Waals surface area contributed by atoms with Gasteiger partial charge in [0.15, 0.2) is 0 Å². The van der Waals surface area contributed by atoms with Crippen molar-refractivity contribution in [2.75, 3.05) is 0 Å². The highest BCUT2D eigenvalue weighted by molar-refractivity contribution is 5.96. The van der Waals surface area contributed by atoms with Crippen LogP contribution < -0.4 is 5.73 Å². The van der Waals surface area contributed by atoms with E-state index >= 15 is 0 Å². The SMILES string of the molecule is CC(C)c1ncncc1-c1cc(C(N)=O)cc(-c2ccc(C(F)(F)F)cc2)c1. The summed E-state index contributed by atoms with van der Waals surface area (Å²) in [4.78, 5) is 20.2. The molecule has 0 fully saturated rings. The Labute approximate surface area is 160 Å². The normalized spacial score (nSPS) is 11.6. The van der Waals surface area contributed by atoms with Crippen LogP contribution in [0.4, 0.5) is 13.2 Å². The monoisotopic (exact) mass is 385 g/mol. The predicted octanol–water partition coefficient (Wildman–Crippen LogP) is 5.05. The minimum Gasteiger partial charge on any atom is -0.366 e. The lowest BCUT2D eigenvalue weighted by atomic mass is 9.93. The average molecular weight is 385 g/mol. The summed E-state index contributed by atoms with van der Waals surface area (Å²) in [6.45, 7) is 3.97. The Morgan fingerprint density at radius 1 is 1.00 bits per heavy atom. The molecule has 0 saturated carbocycles. The molecule has 0 aliphatic heterocycles. The van der Waals surface area contributed by atoms with Crippen molar-refractivity contribution in [2.45, 2.75) is 25.9 Å². The third-order valence-corrected chi connectivity index (χ3v) is 4.36. The highest BCUT2D eigenvalue weighted by Crippen LogP contribution is 2.34. The molecule has 0 aliphatic rings. The lowest BCUT2D eigenvalue weighted by Crippen LogP contribution is -2.11. The molecule has 28 heavy (non-hydrogen) atoms. The highest BCUT2D eigenvalue weighted by atomic mass is 19.4. The summed E-state index contributed by atoms with van der Waals surface area (Å²) in [5, 5.41) is 0. The van der Waals surface area contributed by atoms with Gasteiger partial charge in [0.1, 0.15) is 6.33 Å². The van der Waals surface area contributed by atoms with Gasteiger partial charge in [-0.3, -0.25) is 4.79 Å². The van der Waals surface area contributed by atoms with E-state index < -0.39 is 17.6 Å². The first-order valence-electron chi connectivity index (χ1n) is 8.59. The van der Waals surface area contributed by atoms with Crippen LogP contribution in [0.1, 0.15) is 41.4 Å². The van der Waals surface area contributed by atoms with Crippen LogP contribution in [0.15, 0.2) is 55.0 Å². The van der Waals surface area contributed by atoms with E-state index in [0.29, 0.717) is 16.7 Å². The Morgan fingerprint density at radius 2 is 1.64 bits per heavy atom. The van der Waals surface area contributed by atoms with Gasteiger partial charge in [0.05, 0.1) is 11.3 Å². The maximum atomic E-state index is 12.8. The number of amides is 1. The molecule has 1 aromatic heterocycles. The number of aromatic nitrogens is 2. The molecular formula is C21H18F3N3O. The molecule has 1 amide bonds. The third kappa shape index (κ3) is 4.03. The van der Waals surface area contributed by atoms with Crippen LogP contribution in [0, 0.1) is 0 Å². The van der Waals surface area contributed by atoms with Crippen molar-refractivity contribution in [1.29, 1.82) is 0 Å². The molecule has 7 heteroatoms. The van der Waals surface area contributed by atoms with Crippen molar-refractivity contribution < 1.29 is 18.0 Å². The van der Waals surface area contributed by atoms with E-state index in [1.807, 2.05) is 13.8 Å². The molecule has 0 spiro atoms. The lowest BCUT2D eigenvalue weighted by Gasteiger charge is -2.14. The molecular weight excluding hydrogens is 367 g/mol. The van der Waals surface area contributed by atoms with E-state index in [4.69, 9.17) is 5.73 Å². The number of hydrogen-bond donors (Lipinski definition) is 1. The maximum Gasteiger partial charge on any atom is 0.416 e. The third-order valence-electron chi connectivity index (χ3n) is 4.36. The van der Waals surface area contributed by atoms with Crippen LogP contribution in [-0.4, -0.2) is 15.9 Å². The fourth-order valence-electron chi connectivity index (χ4n) is 2.97. The Morgan fingerprint density at radius 3 is 2.21 bits per heavy atom. The van der Waals surface area contributed by atoms with Crippen LogP contribution in [0.25, 0.3) is 22.3 Å². The molecule has 0 saturated heterocycles. The quantitative estimate of drug-likeness (QED) is 0.683. The van der Waals surface area contributed by atoms with Crippen molar-refractivity contribution >= 4 is 5.91 Å². The summed E-state index contributed by atoms with van der Waals surface area (Å²) in [5.74, 6) is -0.511. The zero-order valence-corrected chi connectivity index (χ0v) is 15.3.